The number of hydrogen-bond acceptors (Lipinski definition) is 6. The standard InChI is InChI=1S/C19H24N6OS/c1-14-18(27-13-22-14)12-23-5-6-24(15(2)26)10-16(9-23)7-17-11-25-4-3-20-19(25)8-21-17/h3-4,8,11,13,16H,5-7,9-10,12H2,1-2H3. The Kier molecular flexibility index (Phi) is 5.18. The summed E-state index contributed by atoms with van der Waals surface area (Å²) in [6.07, 6.45) is 8.42. The summed E-state index contributed by atoms with van der Waals surface area (Å²) in [5.74, 6) is 0.493. The molecule has 0 radical (unpaired) electrons. The first kappa shape index (κ1) is 18.1. The van der Waals surface area contributed by atoms with Crippen molar-refractivity contribution in [2.75, 3.05) is 26.2 Å². The average Bonchev–Trinajstić information content (AvgIpc) is 3.20. The number of nitrogens with zero attached hydrogens (tertiary/aromatic N) is 6. The van der Waals surface area contributed by atoms with Crippen LogP contribution in [0, 0.1) is 12.8 Å². The Morgan fingerprint density at radius 3 is 2.93 bits per heavy atom. The van der Waals surface area contributed by atoms with Crippen LogP contribution in [0.2, 0.25) is 0 Å². The van der Waals surface area contributed by atoms with Gasteiger partial charge in [0.15, 0.2) is 5.65 Å². The van der Waals surface area contributed by atoms with E-state index in [1.54, 1.807) is 24.5 Å². The summed E-state index contributed by atoms with van der Waals surface area (Å²) in [5.41, 5.74) is 4.90. The molecule has 0 N–H and O–H groups in total. The zero-order valence-electron chi connectivity index (χ0n) is 15.7. The molecular weight excluding hydrogens is 360 g/mol. The first-order valence-electron chi connectivity index (χ1n) is 9.23. The molecule has 1 aliphatic rings. The van der Waals surface area contributed by atoms with Crippen molar-refractivity contribution in [2.45, 2.75) is 26.8 Å². The highest BCUT2D eigenvalue weighted by Gasteiger charge is 2.25. The monoisotopic (exact) mass is 384 g/mol. The lowest BCUT2D eigenvalue weighted by Crippen LogP contribution is -2.34. The molecule has 0 saturated carbocycles. The van der Waals surface area contributed by atoms with Crippen LogP contribution in [0.1, 0.15) is 23.2 Å². The van der Waals surface area contributed by atoms with Gasteiger partial charge in [0.1, 0.15) is 0 Å². The van der Waals surface area contributed by atoms with Gasteiger partial charge in [0, 0.05) is 63.1 Å². The van der Waals surface area contributed by atoms with Crippen molar-refractivity contribution in [3.63, 3.8) is 0 Å². The molecule has 4 rings (SSSR count). The second-order valence-electron chi connectivity index (χ2n) is 7.20. The lowest BCUT2D eigenvalue weighted by atomic mass is 10.0. The van der Waals surface area contributed by atoms with Gasteiger partial charge >= 0.3 is 0 Å². The van der Waals surface area contributed by atoms with E-state index >= 15 is 0 Å². The van der Waals surface area contributed by atoms with E-state index in [9.17, 15) is 4.79 Å². The molecule has 1 atom stereocenters. The van der Waals surface area contributed by atoms with Crippen molar-refractivity contribution < 1.29 is 4.79 Å². The van der Waals surface area contributed by atoms with Crippen molar-refractivity contribution >= 4 is 22.9 Å². The predicted octanol–water partition coefficient (Wildman–Crippen LogP) is 2.02. The Balaban J connectivity index is 1.51. The third kappa shape index (κ3) is 4.17. The number of imidazole rings is 1. The van der Waals surface area contributed by atoms with Gasteiger partial charge in [0.05, 0.1) is 23.1 Å². The van der Waals surface area contributed by atoms with Crippen LogP contribution in [-0.4, -0.2) is 61.2 Å². The van der Waals surface area contributed by atoms with Crippen LogP contribution >= 0.6 is 11.3 Å². The van der Waals surface area contributed by atoms with Crippen molar-refractivity contribution in [1.29, 1.82) is 0 Å². The SMILES string of the molecule is CC(=O)N1CCN(Cc2scnc2C)CC(Cc2cn3ccnc3cn2)C1. The minimum atomic E-state index is 0.147. The molecule has 1 amide bonds. The van der Waals surface area contributed by atoms with Crippen LogP contribution in [0.5, 0.6) is 0 Å². The molecule has 0 aliphatic carbocycles. The zero-order valence-corrected chi connectivity index (χ0v) is 16.5. The third-order valence-electron chi connectivity index (χ3n) is 5.17. The highest BCUT2D eigenvalue weighted by Crippen LogP contribution is 2.20. The van der Waals surface area contributed by atoms with Gasteiger partial charge in [-0.2, -0.15) is 0 Å². The Hall–Kier alpha value is -2.32. The summed E-state index contributed by atoms with van der Waals surface area (Å²) in [6.45, 7) is 8.01. The van der Waals surface area contributed by atoms with Gasteiger partial charge in [-0.1, -0.05) is 0 Å². The molecule has 1 unspecified atom stereocenters. The predicted molar refractivity (Wildman–Crippen MR) is 105 cm³/mol. The summed E-state index contributed by atoms with van der Waals surface area (Å²) in [7, 11) is 0. The van der Waals surface area contributed by atoms with E-state index in [1.165, 1.54) is 4.88 Å². The van der Waals surface area contributed by atoms with Gasteiger partial charge in [-0.25, -0.2) is 9.97 Å². The van der Waals surface area contributed by atoms with E-state index < -0.39 is 0 Å². The largest absolute Gasteiger partial charge is 0.341 e. The average molecular weight is 385 g/mol. The smallest absolute Gasteiger partial charge is 0.219 e. The van der Waals surface area contributed by atoms with Gasteiger partial charge < -0.3 is 9.30 Å². The lowest BCUT2D eigenvalue weighted by molar-refractivity contribution is -0.129. The normalized spacial score (nSPS) is 18.7. The number of amides is 1. The van der Waals surface area contributed by atoms with Gasteiger partial charge in [0.2, 0.25) is 5.91 Å². The molecule has 1 fully saturated rings. The van der Waals surface area contributed by atoms with Crippen molar-refractivity contribution in [2.24, 2.45) is 5.92 Å². The number of aromatic nitrogens is 4. The Morgan fingerprint density at radius 1 is 1.26 bits per heavy atom. The number of carbonyl (C=O) groups excluding carboxylic acids is 1. The summed E-state index contributed by atoms with van der Waals surface area (Å²) in [4.78, 5) is 31.0. The van der Waals surface area contributed by atoms with Gasteiger partial charge in [0.25, 0.3) is 0 Å². The molecule has 142 valence electrons. The van der Waals surface area contributed by atoms with Crippen LogP contribution in [0.25, 0.3) is 5.65 Å². The molecular formula is C19H24N6OS. The van der Waals surface area contributed by atoms with Crippen molar-refractivity contribution in [3.05, 3.63) is 46.6 Å². The zero-order chi connectivity index (χ0) is 18.8. The van der Waals surface area contributed by atoms with Gasteiger partial charge in [-0.05, 0) is 19.3 Å². The van der Waals surface area contributed by atoms with Gasteiger partial charge in [-0.15, -0.1) is 11.3 Å². The maximum absolute atomic E-state index is 12.0. The molecule has 27 heavy (non-hydrogen) atoms. The highest BCUT2D eigenvalue weighted by atomic mass is 32.1. The first-order valence-corrected chi connectivity index (χ1v) is 10.1. The molecule has 3 aromatic rings. The number of fused-ring (bicyclic) bond motifs is 1. The summed E-state index contributed by atoms with van der Waals surface area (Å²) in [6, 6.07) is 0. The fourth-order valence-corrected chi connectivity index (χ4v) is 4.51. The summed E-state index contributed by atoms with van der Waals surface area (Å²) in [5, 5.41) is 0. The van der Waals surface area contributed by atoms with E-state index in [-0.39, 0.29) is 5.91 Å². The number of aryl methyl sites for hydroxylation is 1. The number of rotatable bonds is 4. The van der Waals surface area contributed by atoms with E-state index in [0.717, 1.165) is 56.2 Å². The van der Waals surface area contributed by atoms with Crippen molar-refractivity contribution in [1.82, 2.24) is 29.2 Å². The Morgan fingerprint density at radius 2 is 2.15 bits per heavy atom. The molecule has 0 bridgehead atoms. The second-order valence-corrected chi connectivity index (χ2v) is 8.14. The Bertz CT molecular complexity index is 935. The molecule has 3 aromatic heterocycles. The highest BCUT2D eigenvalue weighted by molar-refractivity contribution is 7.09. The number of hydrogen-bond donors (Lipinski definition) is 0. The van der Waals surface area contributed by atoms with E-state index in [1.807, 2.05) is 33.4 Å². The fraction of sp³-hybridized carbons (Fsp3) is 0.474. The molecule has 7 nitrogen and oxygen atoms in total. The molecule has 4 heterocycles. The topological polar surface area (TPSA) is 66.6 Å². The maximum Gasteiger partial charge on any atom is 0.219 e. The van der Waals surface area contributed by atoms with Crippen LogP contribution < -0.4 is 0 Å². The fourth-order valence-electron chi connectivity index (χ4n) is 3.69. The first-order chi connectivity index (χ1) is 13.1. The molecule has 0 spiro atoms. The number of thiazole rings is 1. The minimum Gasteiger partial charge on any atom is -0.341 e. The van der Waals surface area contributed by atoms with E-state index in [4.69, 9.17) is 0 Å². The van der Waals surface area contributed by atoms with Gasteiger partial charge in [-0.3, -0.25) is 14.7 Å². The molecule has 1 aliphatic heterocycles. The quantitative estimate of drug-likeness (QED) is 0.688. The minimum absolute atomic E-state index is 0.147. The molecule has 0 aromatic carbocycles. The van der Waals surface area contributed by atoms with Crippen LogP contribution in [0.3, 0.4) is 0 Å². The second kappa shape index (κ2) is 7.74. The van der Waals surface area contributed by atoms with Crippen molar-refractivity contribution in [3.8, 4) is 0 Å². The maximum atomic E-state index is 12.0. The molecule has 1 saturated heterocycles. The lowest BCUT2D eigenvalue weighted by Gasteiger charge is -2.23. The summed E-state index contributed by atoms with van der Waals surface area (Å²) >= 11 is 1.71. The van der Waals surface area contributed by atoms with E-state index in [2.05, 4.69) is 26.8 Å². The Labute approximate surface area is 162 Å². The number of carbonyl (C=O) groups is 1. The third-order valence-corrected chi connectivity index (χ3v) is 6.09. The summed E-state index contributed by atoms with van der Waals surface area (Å²) < 4.78 is 2.00. The van der Waals surface area contributed by atoms with Crippen LogP contribution in [-0.2, 0) is 17.8 Å². The van der Waals surface area contributed by atoms with Crippen LogP contribution in [0.15, 0.2) is 30.3 Å². The van der Waals surface area contributed by atoms with Crippen LogP contribution in [0.4, 0.5) is 0 Å². The van der Waals surface area contributed by atoms with E-state index in [0.29, 0.717) is 5.92 Å². The molecule has 8 heteroatoms.